The van der Waals surface area contributed by atoms with Crippen LogP contribution in [0, 0.1) is 6.92 Å². The molecular formula is C15H24N4O. The fraction of sp³-hybridized carbons (Fsp3) is 0.533. The van der Waals surface area contributed by atoms with Gasteiger partial charge >= 0.3 is 0 Å². The molecule has 5 nitrogen and oxygen atoms in total. The van der Waals surface area contributed by atoms with E-state index in [1.54, 1.807) is 0 Å². The number of nitrogens with zero attached hydrogens (tertiary/aromatic N) is 2. The smallest absolute Gasteiger partial charge is 0.152 e. The summed E-state index contributed by atoms with van der Waals surface area (Å²) in [6.45, 7) is 4.93. The standard InChI is InChI=1S/C15H24N4O/c1-12-6-7-14(20-12)15-13(11-17-18-15)10-16-8-4-5-9-19(2)3/h6-7,11,16H,4-5,8-10H2,1-3H3,(H,17,18). The van der Waals surface area contributed by atoms with Gasteiger partial charge in [0.2, 0.25) is 0 Å². The van der Waals surface area contributed by atoms with Gasteiger partial charge in [0.25, 0.3) is 0 Å². The van der Waals surface area contributed by atoms with Gasteiger partial charge in [0, 0.05) is 12.1 Å². The molecule has 2 aromatic rings. The average molecular weight is 276 g/mol. The maximum absolute atomic E-state index is 5.64. The maximum Gasteiger partial charge on any atom is 0.152 e. The Kier molecular flexibility index (Phi) is 5.38. The Balaban J connectivity index is 1.78. The molecule has 20 heavy (non-hydrogen) atoms. The summed E-state index contributed by atoms with van der Waals surface area (Å²) in [7, 11) is 4.22. The molecule has 0 aliphatic heterocycles. The number of nitrogens with one attached hydrogen (secondary N) is 2. The molecule has 2 N–H and O–H groups in total. The molecule has 2 aromatic heterocycles. The van der Waals surface area contributed by atoms with E-state index in [2.05, 4.69) is 34.5 Å². The fourth-order valence-electron chi connectivity index (χ4n) is 2.13. The molecule has 0 aliphatic carbocycles. The molecule has 0 bridgehead atoms. The Morgan fingerprint density at radius 1 is 1.30 bits per heavy atom. The summed E-state index contributed by atoms with van der Waals surface area (Å²) in [4.78, 5) is 2.22. The van der Waals surface area contributed by atoms with Gasteiger partial charge in [-0.2, -0.15) is 5.10 Å². The Bertz CT molecular complexity index is 515. The van der Waals surface area contributed by atoms with Crippen LogP contribution >= 0.6 is 0 Å². The third-order valence-corrected chi connectivity index (χ3v) is 3.23. The molecule has 0 amide bonds. The Morgan fingerprint density at radius 2 is 2.15 bits per heavy atom. The second kappa shape index (κ2) is 7.26. The Morgan fingerprint density at radius 3 is 2.85 bits per heavy atom. The van der Waals surface area contributed by atoms with Crippen molar-refractivity contribution < 1.29 is 4.42 Å². The van der Waals surface area contributed by atoms with Crippen LogP contribution in [0.1, 0.15) is 24.2 Å². The molecule has 2 rings (SSSR count). The molecule has 5 heteroatoms. The Labute approximate surface area is 120 Å². The lowest BCUT2D eigenvalue weighted by molar-refractivity contribution is 0.391. The second-order valence-electron chi connectivity index (χ2n) is 5.37. The first kappa shape index (κ1) is 14.8. The van der Waals surface area contributed by atoms with Crippen molar-refractivity contribution >= 4 is 0 Å². The molecule has 0 saturated carbocycles. The van der Waals surface area contributed by atoms with Crippen molar-refractivity contribution in [2.45, 2.75) is 26.3 Å². The number of furan rings is 1. The van der Waals surface area contributed by atoms with Crippen molar-refractivity contribution in [3.63, 3.8) is 0 Å². The highest BCUT2D eigenvalue weighted by molar-refractivity contribution is 5.56. The predicted octanol–water partition coefficient (Wildman–Crippen LogP) is 2.41. The van der Waals surface area contributed by atoms with Crippen LogP contribution in [0.5, 0.6) is 0 Å². The third kappa shape index (κ3) is 4.21. The van der Waals surface area contributed by atoms with E-state index < -0.39 is 0 Å². The number of aromatic amines is 1. The van der Waals surface area contributed by atoms with Gasteiger partial charge in [-0.15, -0.1) is 0 Å². The minimum atomic E-state index is 0.813. The molecule has 2 heterocycles. The molecule has 0 atom stereocenters. The monoisotopic (exact) mass is 276 g/mol. The van der Waals surface area contributed by atoms with Crippen molar-refractivity contribution in [1.29, 1.82) is 0 Å². The number of unbranched alkanes of at least 4 members (excludes halogenated alkanes) is 1. The van der Waals surface area contributed by atoms with Crippen molar-refractivity contribution in [1.82, 2.24) is 20.4 Å². The van der Waals surface area contributed by atoms with Gasteiger partial charge in [0.05, 0.1) is 6.20 Å². The zero-order chi connectivity index (χ0) is 14.4. The van der Waals surface area contributed by atoms with Gasteiger partial charge in [0.1, 0.15) is 11.5 Å². The first-order valence-electron chi connectivity index (χ1n) is 7.11. The van der Waals surface area contributed by atoms with Gasteiger partial charge in [-0.05, 0) is 59.1 Å². The van der Waals surface area contributed by atoms with Crippen molar-refractivity contribution in [2.24, 2.45) is 0 Å². The summed E-state index contributed by atoms with van der Waals surface area (Å²) < 4.78 is 5.64. The van der Waals surface area contributed by atoms with E-state index in [1.807, 2.05) is 25.3 Å². The van der Waals surface area contributed by atoms with Crippen LogP contribution in [0.2, 0.25) is 0 Å². The van der Waals surface area contributed by atoms with Gasteiger partial charge in [-0.3, -0.25) is 5.10 Å². The fourth-order valence-corrected chi connectivity index (χ4v) is 2.13. The summed E-state index contributed by atoms with van der Waals surface area (Å²) in [5.74, 6) is 1.77. The third-order valence-electron chi connectivity index (χ3n) is 3.23. The maximum atomic E-state index is 5.64. The van der Waals surface area contributed by atoms with E-state index in [0.717, 1.165) is 42.4 Å². The van der Waals surface area contributed by atoms with E-state index in [-0.39, 0.29) is 0 Å². The number of aromatic nitrogens is 2. The zero-order valence-corrected chi connectivity index (χ0v) is 12.6. The zero-order valence-electron chi connectivity index (χ0n) is 12.6. The van der Waals surface area contributed by atoms with E-state index in [9.17, 15) is 0 Å². The topological polar surface area (TPSA) is 57.1 Å². The van der Waals surface area contributed by atoms with Crippen molar-refractivity contribution in [3.8, 4) is 11.5 Å². The molecule has 0 radical (unpaired) electrons. The lowest BCUT2D eigenvalue weighted by Gasteiger charge is -2.09. The van der Waals surface area contributed by atoms with Crippen molar-refractivity contribution in [2.75, 3.05) is 27.2 Å². The molecule has 0 spiro atoms. The number of hydrogen-bond donors (Lipinski definition) is 2. The summed E-state index contributed by atoms with van der Waals surface area (Å²) in [5, 5.41) is 10.6. The first-order chi connectivity index (χ1) is 9.66. The summed E-state index contributed by atoms with van der Waals surface area (Å²) in [5.41, 5.74) is 2.12. The lowest BCUT2D eigenvalue weighted by Crippen LogP contribution is -2.18. The molecule has 0 saturated heterocycles. The number of H-pyrrole nitrogens is 1. The average Bonchev–Trinajstić information content (AvgIpc) is 3.01. The predicted molar refractivity (Wildman–Crippen MR) is 80.5 cm³/mol. The molecule has 110 valence electrons. The largest absolute Gasteiger partial charge is 0.460 e. The minimum Gasteiger partial charge on any atom is -0.460 e. The number of rotatable bonds is 8. The lowest BCUT2D eigenvalue weighted by atomic mass is 10.2. The van der Waals surface area contributed by atoms with Crippen LogP contribution in [0.4, 0.5) is 0 Å². The minimum absolute atomic E-state index is 0.813. The summed E-state index contributed by atoms with van der Waals surface area (Å²) >= 11 is 0. The summed E-state index contributed by atoms with van der Waals surface area (Å²) in [6.07, 6.45) is 4.26. The summed E-state index contributed by atoms with van der Waals surface area (Å²) in [6, 6.07) is 3.94. The second-order valence-corrected chi connectivity index (χ2v) is 5.37. The molecule has 0 unspecified atom stereocenters. The SMILES string of the molecule is Cc1ccc(-c2[nH]ncc2CNCCCCN(C)C)o1. The van der Waals surface area contributed by atoms with Crippen LogP contribution in [0.15, 0.2) is 22.7 Å². The van der Waals surface area contributed by atoms with Crippen LogP contribution in [0.25, 0.3) is 11.5 Å². The van der Waals surface area contributed by atoms with Gasteiger partial charge in [0.15, 0.2) is 5.76 Å². The molecule has 0 fully saturated rings. The Hall–Kier alpha value is -1.59. The van der Waals surface area contributed by atoms with E-state index in [0.29, 0.717) is 0 Å². The van der Waals surface area contributed by atoms with E-state index in [4.69, 9.17) is 4.42 Å². The highest BCUT2D eigenvalue weighted by Gasteiger charge is 2.10. The van der Waals surface area contributed by atoms with Crippen LogP contribution in [-0.2, 0) is 6.54 Å². The van der Waals surface area contributed by atoms with Crippen LogP contribution < -0.4 is 5.32 Å². The molecule has 0 aromatic carbocycles. The number of hydrogen-bond acceptors (Lipinski definition) is 4. The van der Waals surface area contributed by atoms with Crippen LogP contribution in [-0.4, -0.2) is 42.3 Å². The number of aryl methyl sites for hydroxylation is 1. The van der Waals surface area contributed by atoms with Gasteiger partial charge < -0.3 is 14.6 Å². The van der Waals surface area contributed by atoms with Crippen molar-refractivity contribution in [3.05, 3.63) is 29.7 Å². The molecular weight excluding hydrogens is 252 g/mol. The first-order valence-corrected chi connectivity index (χ1v) is 7.11. The van der Waals surface area contributed by atoms with Crippen LogP contribution in [0.3, 0.4) is 0 Å². The highest BCUT2D eigenvalue weighted by Crippen LogP contribution is 2.23. The highest BCUT2D eigenvalue weighted by atomic mass is 16.3. The van der Waals surface area contributed by atoms with Gasteiger partial charge in [-0.1, -0.05) is 0 Å². The van der Waals surface area contributed by atoms with Gasteiger partial charge in [-0.25, -0.2) is 0 Å². The quantitative estimate of drug-likeness (QED) is 0.727. The normalized spacial score (nSPS) is 11.4. The van der Waals surface area contributed by atoms with E-state index in [1.165, 1.54) is 12.8 Å². The van der Waals surface area contributed by atoms with E-state index >= 15 is 0 Å². The molecule has 0 aliphatic rings.